The number of ether oxygens (including phenoxy) is 1. The lowest BCUT2D eigenvalue weighted by atomic mass is 9.98. The normalized spacial score (nSPS) is 17.8. The van der Waals surface area contributed by atoms with Gasteiger partial charge in [0.1, 0.15) is 5.60 Å². The molecule has 0 aliphatic carbocycles. The summed E-state index contributed by atoms with van der Waals surface area (Å²) in [5, 5.41) is 0.399. The minimum absolute atomic E-state index is 0.238. The summed E-state index contributed by atoms with van der Waals surface area (Å²) >= 11 is 6.37. The highest BCUT2D eigenvalue weighted by Gasteiger charge is 2.28. The van der Waals surface area contributed by atoms with Crippen LogP contribution in [0.2, 0.25) is 5.15 Å². The van der Waals surface area contributed by atoms with Crippen LogP contribution in [0.1, 0.15) is 33.6 Å². The van der Waals surface area contributed by atoms with Gasteiger partial charge in [-0.15, -0.1) is 0 Å². The van der Waals surface area contributed by atoms with E-state index in [4.69, 9.17) is 16.3 Å². The highest BCUT2D eigenvalue weighted by Crippen LogP contribution is 2.26. The minimum atomic E-state index is -0.477. The largest absolute Gasteiger partial charge is 0.444 e. The third-order valence-corrected chi connectivity index (χ3v) is 4.83. The molecule has 1 fully saturated rings. The van der Waals surface area contributed by atoms with E-state index in [0.717, 1.165) is 37.0 Å². The van der Waals surface area contributed by atoms with Gasteiger partial charge in [-0.1, -0.05) is 23.7 Å². The lowest BCUT2D eigenvalue weighted by molar-refractivity contribution is 0.0170. The van der Waals surface area contributed by atoms with Gasteiger partial charge in [0.2, 0.25) is 0 Å². The van der Waals surface area contributed by atoms with E-state index >= 15 is 0 Å². The van der Waals surface area contributed by atoms with Gasteiger partial charge in [-0.3, -0.25) is 0 Å². The predicted octanol–water partition coefficient (Wildman–Crippen LogP) is 4.37. The van der Waals surface area contributed by atoms with Gasteiger partial charge in [0, 0.05) is 26.7 Å². The summed E-state index contributed by atoms with van der Waals surface area (Å²) in [7, 11) is 1.97. The van der Waals surface area contributed by atoms with Crippen LogP contribution in [-0.2, 0) is 4.74 Å². The molecule has 27 heavy (non-hydrogen) atoms. The number of aromatic nitrogens is 2. The maximum atomic E-state index is 12.4. The molecular weight excluding hydrogens is 364 g/mol. The predicted molar refractivity (Wildman–Crippen MR) is 108 cm³/mol. The second kappa shape index (κ2) is 7.89. The number of carbonyl (C=O) groups is 1. The van der Waals surface area contributed by atoms with Crippen molar-refractivity contribution in [2.24, 2.45) is 5.92 Å². The highest BCUT2D eigenvalue weighted by molar-refractivity contribution is 6.32. The first-order valence-electron chi connectivity index (χ1n) is 9.34. The van der Waals surface area contributed by atoms with Gasteiger partial charge in [0.05, 0.1) is 11.0 Å². The molecule has 1 aliphatic heterocycles. The van der Waals surface area contributed by atoms with Gasteiger partial charge < -0.3 is 14.5 Å². The van der Waals surface area contributed by atoms with Crippen LogP contribution in [0.15, 0.2) is 24.3 Å². The maximum Gasteiger partial charge on any atom is 0.410 e. The Hall–Kier alpha value is -2.08. The fourth-order valence-corrected chi connectivity index (χ4v) is 3.67. The SMILES string of the molecule is CN(C[C@H]1CCCN(C(=O)OC(C)(C)C)C1)c1nc2ccccc2nc1Cl. The molecule has 0 unspecified atom stereocenters. The Morgan fingerprint density at radius 2 is 1.96 bits per heavy atom. The summed E-state index contributed by atoms with van der Waals surface area (Å²) < 4.78 is 5.51. The Balaban J connectivity index is 1.68. The fraction of sp³-hybridized carbons (Fsp3) is 0.550. The average Bonchev–Trinajstić information content (AvgIpc) is 2.60. The first kappa shape index (κ1) is 19.7. The number of rotatable bonds is 3. The lowest BCUT2D eigenvalue weighted by Crippen LogP contribution is -2.45. The van der Waals surface area contributed by atoms with Gasteiger partial charge in [0.15, 0.2) is 11.0 Å². The second-order valence-electron chi connectivity index (χ2n) is 8.14. The van der Waals surface area contributed by atoms with E-state index in [1.165, 1.54) is 0 Å². The molecule has 0 N–H and O–H groups in total. The summed E-state index contributed by atoms with van der Waals surface area (Å²) in [6.45, 7) is 7.84. The minimum Gasteiger partial charge on any atom is -0.444 e. The summed E-state index contributed by atoms with van der Waals surface area (Å²) in [6, 6.07) is 7.69. The van der Waals surface area contributed by atoms with Crippen molar-refractivity contribution in [2.45, 2.75) is 39.2 Å². The number of fused-ring (bicyclic) bond motifs is 1. The zero-order valence-corrected chi connectivity index (χ0v) is 17.2. The Morgan fingerprint density at radius 1 is 1.30 bits per heavy atom. The number of benzene rings is 1. The molecule has 1 atom stereocenters. The van der Waals surface area contributed by atoms with Crippen LogP contribution < -0.4 is 4.90 Å². The monoisotopic (exact) mass is 390 g/mol. The number of hydrogen-bond acceptors (Lipinski definition) is 5. The molecule has 1 aromatic carbocycles. The van der Waals surface area contributed by atoms with E-state index < -0.39 is 5.60 Å². The number of carbonyl (C=O) groups excluding carboxylic acids is 1. The van der Waals surface area contributed by atoms with Crippen LogP contribution in [0.25, 0.3) is 11.0 Å². The standard InChI is InChI=1S/C20H27ClN4O2/c1-20(2,3)27-19(26)25-11-7-8-14(13-25)12-24(4)18-17(21)22-15-9-5-6-10-16(15)23-18/h5-6,9-10,14H,7-8,11-13H2,1-4H3/t14-/m1/s1. The quantitative estimate of drug-likeness (QED) is 0.778. The van der Waals surface area contributed by atoms with E-state index in [2.05, 4.69) is 9.97 Å². The molecule has 1 amide bonds. The Bertz CT molecular complexity index is 821. The molecule has 146 valence electrons. The number of piperidine rings is 1. The molecule has 1 saturated heterocycles. The third kappa shape index (κ3) is 5.01. The van der Waals surface area contributed by atoms with E-state index in [9.17, 15) is 4.79 Å². The smallest absolute Gasteiger partial charge is 0.410 e. The van der Waals surface area contributed by atoms with E-state index in [1.807, 2.05) is 57.0 Å². The first-order chi connectivity index (χ1) is 12.7. The van der Waals surface area contributed by atoms with Crippen molar-refractivity contribution >= 4 is 34.5 Å². The van der Waals surface area contributed by atoms with Crippen molar-refractivity contribution in [2.75, 3.05) is 31.6 Å². The summed E-state index contributed by atoms with van der Waals surface area (Å²) in [6.07, 6.45) is 1.79. The molecule has 1 aliphatic rings. The van der Waals surface area contributed by atoms with Crippen LogP contribution in [0.4, 0.5) is 10.6 Å². The van der Waals surface area contributed by atoms with Crippen molar-refractivity contribution in [1.29, 1.82) is 0 Å². The molecule has 6 nitrogen and oxygen atoms in total. The van der Waals surface area contributed by atoms with E-state index in [1.54, 1.807) is 4.90 Å². The maximum absolute atomic E-state index is 12.4. The lowest BCUT2D eigenvalue weighted by Gasteiger charge is -2.35. The zero-order chi connectivity index (χ0) is 19.6. The van der Waals surface area contributed by atoms with Crippen LogP contribution in [0, 0.1) is 5.92 Å². The Kier molecular flexibility index (Phi) is 5.75. The van der Waals surface area contributed by atoms with Crippen molar-refractivity contribution in [3.8, 4) is 0 Å². The van der Waals surface area contributed by atoms with E-state index in [-0.39, 0.29) is 6.09 Å². The second-order valence-corrected chi connectivity index (χ2v) is 8.50. The van der Waals surface area contributed by atoms with Crippen molar-refractivity contribution in [3.63, 3.8) is 0 Å². The van der Waals surface area contributed by atoms with Crippen LogP contribution in [0.3, 0.4) is 0 Å². The molecule has 0 spiro atoms. The molecule has 0 bridgehead atoms. The topological polar surface area (TPSA) is 58.6 Å². The van der Waals surface area contributed by atoms with E-state index in [0.29, 0.717) is 23.4 Å². The number of para-hydroxylation sites is 2. The molecule has 1 aromatic heterocycles. The zero-order valence-electron chi connectivity index (χ0n) is 16.4. The van der Waals surface area contributed by atoms with Crippen LogP contribution in [0.5, 0.6) is 0 Å². The Labute approximate surface area is 165 Å². The summed E-state index contributed by atoms with van der Waals surface area (Å²) in [5.41, 5.74) is 1.13. The number of hydrogen-bond donors (Lipinski definition) is 0. The number of amides is 1. The number of likely N-dealkylation sites (tertiary alicyclic amines) is 1. The average molecular weight is 391 g/mol. The van der Waals surface area contributed by atoms with Crippen LogP contribution in [-0.4, -0.2) is 53.2 Å². The molecule has 0 radical (unpaired) electrons. The van der Waals surface area contributed by atoms with Gasteiger partial charge in [-0.2, -0.15) is 0 Å². The highest BCUT2D eigenvalue weighted by atomic mass is 35.5. The fourth-order valence-electron chi connectivity index (χ4n) is 3.39. The number of halogens is 1. The van der Waals surface area contributed by atoms with Gasteiger partial charge in [-0.25, -0.2) is 14.8 Å². The van der Waals surface area contributed by atoms with Gasteiger partial charge >= 0.3 is 6.09 Å². The van der Waals surface area contributed by atoms with Crippen LogP contribution >= 0.6 is 11.6 Å². The molecule has 2 heterocycles. The molecular formula is C20H27ClN4O2. The first-order valence-corrected chi connectivity index (χ1v) is 9.72. The van der Waals surface area contributed by atoms with Crippen molar-refractivity contribution in [3.05, 3.63) is 29.4 Å². The molecule has 2 aromatic rings. The Morgan fingerprint density at radius 3 is 2.63 bits per heavy atom. The molecule has 0 saturated carbocycles. The number of anilines is 1. The van der Waals surface area contributed by atoms with Crippen molar-refractivity contribution < 1.29 is 9.53 Å². The van der Waals surface area contributed by atoms with Gasteiger partial charge in [-0.05, 0) is 51.7 Å². The summed E-state index contributed by atoms with van der Waals surface area (Å²) in [5.74, 6) is 1.00. The molecule has 7 heteroatoms. The van der Waals surface area contributed by atoms with Gasteiger partial charge in [0.25, 0.3) is 0 Å². The molecule has 3 rings (SSSR count). The third-order valence-electron chi connectivity index (χ3n) is 4.58. The van der Waals surface area contributed by atoms with Crippen molar-refractivity contribution in [1.82, 2.24) is 14.9 Å². The number of nitrogens with zero attached hydrogens (tertiary/aromatic N) is 4. The summed E-state index contributed by atoms with van der Waals surface area (Å²) in [4.78, 5) is 25.3.